The fraction of sp³-hybridized carbons (Fsp3) is 1.00. The molecule has 0 N–H and O–H groups in total. The van der Waals surface area contributed by atoms with Gasteiger partial charge in [0.2, 0.25) is 5.69 Å². The van der Waals surface area contributed by atoms with Crippen molar-refractivity contribution < 1.29 is 9.05 Å². The van der Waals surface area contributed by atoms with Crippen molar-refractivity contribution in [1.29, 1.82) is 0 Å². The number of hydrogen-bond acceptors (Lipinski definition) is 5. The standard InChI is InChI=1S/C7H17O2PS3/c1-4-8-10(11,9-5-2)13-7-12-6-3/h4-7H2,1-3H3/i1+1,2+1,4+1,5+1. The lowest BCUT2D eigenvalue weighted by Crippen LogP contribution is -1.92. The Morgan fingerprint density at radius 2 is 1.69 bits per heavy atom. The van der Waals surface area contributed by atoms with Gasteiger partial charge in [0.25, 0.3) is 0 Å². The second-order valence-electron chi connectivity index (χ2n) is 2.02. The molecule has 0 amide bonds. The van der Waals surface area contributed by atoms with Crippen LogP contribution in [0.1, 0.15) is 20.8 Å². The van der Waals surface area contributed by atoms with E-state index in [9.17, 15) is 0 Å². The Balaban J connectivity index is 3.85. The van der Waals surface area contributed by atoms with E-state index in [-0.39, 0.29) is 0 Å². The summed E-state index contributed by atoms with van der Waals surface area (Å²) < 4.78 is 10.9. The minimum absolute atomic E-state index is 0.640. The summed E-state index contributed by atoms with van der Waals surface area (Å²) in [6.07, 6.45) is 0. The first-order chi connectivity index (χ1) is 6.18. The number of thioether (sulfide) groups is 1. The molecule has 6 heteroatoms. The van der Waals surface area contributed by atoms with Gasteiger partial charge in [0, 0.05) is 5.08 Å². The zero-order valence-corrected chi connectivity index (χ0v) is 11.7. The molecule has 0 radical (unpaired) electrons. The normalized spacial score (nSPS) is 11.9. The van der Waals surface area contributed by atoms with E-state index in [1.807, 2.05) is 25.6 Å². The van der Waals surface area contributed by atoms with E-state index in [0.29, 0.717) is 13.2 Å². The summed E-state index contributed by atoms with van der Waals surface area (Å²) >= 11 is 8.82. The van der Waals surface area contributed by atoms with Gasteiger partial charge in [0.05, 0.1) is 13.2 Å². The van der Waals surface area contributed by atoms with Crippen LogP contribution in [0, 0.1) is 0 Å². The fourth-order valence-corrected chi connectivity index (χ4v) is 7.66. The summed E-state index contributed by atoms with van der Waals surface area (Å²) in [6.45, 7) is 7.32. The third kappa shape index (κ3) is 7.23. The highest BCUT2D eigenvalue weighted by atomic mass is 32.9. The van der Waals surface area contributed by atoms with Crippen LogP contribution in [-0.2, 0) is 20.9 Å². The number of rotatable bonds is 8. The molecule has 13 heavy (non-hydrogen) atoms. The molecule has 0 unspecified atom stereocenters. The molecule has 0 aromatic heterocycles. The quantitative estimate of drug-likeness (QED) is 0.287. The van der Waals surface area contributed by atoms with Crippen molar-refractivity contribution in [3.8, 4) is 0 Å². The lowest BCUT2D eigenvalue weighted by Gasteiger charge is -2.19. The molecule has 0 bridgehead atoms. The van der Waals surface area contributed by atoms with E-state index < -0.39 is 5.69 Å². The number of hydrogen-bond donors (Lipinski definition) is 0. The Bertz CT molecular complexity index is 156. The highest BCUT2D eigenvalue weighted by molar-refractivity contribution is 8.69. The third-order valence-electron chi connectivity index (χ3n) is 1.07. The Morgan fingerprint density at radius 1 is 1.15 bits per heavy atom. The van der Waals surface area contributed by atoms with Crippen LogP contribution < -0.4 is 0 Å². The molecule has 0 atom stereocenters. The molecule has 80 valence electrons. The lowest BCUT2D eigenvalue weighted by molar-refractivity contribution is 0.280. The summed E-state index contributed by atoms with van der Waals surface area (Å²) in [5.41, 5.74) is -2.02. The van der Waals surface area contributed by atoms with E-state index in [0.717, 1.165) is 10.8 Å². The van der Waals surface area contributed by atoms with Crippen molar-refractivity contribution in [2.24, 2.45) is 0 Å². The van der Waals surface area contributed by atoms with Crippen LogP contribution in [-0.4, -0.2) is 24.1 Å². The van der Waals surface area contributed by atoms with Crippen molar-refractivity contribution in [2.75, 3.05) is 24.1 Å². The minimum Gasteiger partial charge on any atom is -0.322 e. The van der Waals surface area contributed by atoms with Gasteiger partial charge in [-0.15, -0.1) is 0 Å². The van der Waals surface area contributed by atoms with Gasteiger partial charge in [-0.25, -0.2) is 0 Å². The molecule has 0 saturated carbocycles. The molecule has 0 aliphatic rings. The van der Waals surface area contributed by atoms with Crippen LogP contribution in [0.3, 0.4) is 0 Å². The van der Waals surface area contributed by atoms with Gasteiger partial charge in [-0.1, -0.05) is 18.3 Å². The molecule has 2 nitrogen and oxygen atoms in total. The van der Waals surface area contributed by atoms with E-state index in [4.69, 9.17) is 20.9 Å². The van der Waals surface area contributed by atoms with Gasteiger partial charge in [-0.2, -0.15) is 11.8 Å². The smallest absolute Gasteiger partial charge is 0.248 e. The molecule has 0 fully saturated rings. The van der Waals surface area contributed by atoms with Crippen molar-refractivity contribution in [3.63, 3.8) is 0 Å². The van der Waals surface area contributed by atoms with Gasteiger partial charge in [0.15, 0.2) is 0 Å². The summed E-state index contributed by atoms with van der Waals surface area (Å²) in [7, 11) is 0. The maximum atomic E-state index is 5.47. The Labute approximate surface area is 94.4 Å². The van der Waals surface area contributed by atoms with Crippen LogP contribution in [0.4, 0.5) is 0 Å². The van der Waals surface area contributed by atoms with Crippen LogP contribution >= 0.6 is 28.8 Å². The highest BCUT2D eigenvalue weighted by Crippen LogP contribution is 2.61. The molecular weight excluding hydrogens is 247 g/mol. The molecule has 0 heterocycles. The SMILES string of the molecule is CCSCSP(=S)(O[13CH2][13CH3])O[13CH2][13CH3]. The van der Waals surface area contributed by atoms with Gasteiger partial charge in [-0.05, 0) is 31.4 Å². The zero-order chi connectivity index (χ0) is 10.2. The van der Waals surface area contributed by atoms with Crippen LogP contribution in [0.15, 0.2) is 0 Å². The summed E-state index contributed by atoms with van der Waals surface area (Å²) in [5, 5.41) is 0.966. The van der Waals surface area contributed by atoms with Crippen LogP contribution in [0.2, 0.25) is 0 Å². The average molecular weight is 264 g/mol. The van der Waals surface area contributed by atoms with Crippen molar-refractivity contribution in [1.82, 2.24) is 0 Å². The van der Waals surface area contributed by atoms with Crippen LogP contribution in [0.5, 0.6) is 0 Å². The lowest BCUT2D eigenvalue weighted by atomic mass is 11.0. The van der Waals surface area contributed by atoms with E-state index >= 15 is 0 Å². The first-order valence-electron chi connectivity index (χ1n) is 4.29. The first-order valence-corrected chi connectivity index (χ1v) is 9.68. The highest BCUT2D eigenvalue weighted by Gasteiger charge is 2.17. The zero-order valence-electron chi connectivity index (χ0n) is 8.32. The Morgan fingerprint density at radius 3 is 2.08 bits per heavy atom. The second-order valence-corrected chi connectivity index (χ2v) is 9.97. The maximum Gasteiger partial charge on any atom is 0.248 e. The summed E-state index contributed by atoms with van der Waals surface area (Å²) in [5.74, 6) is 1.11. The molecule has 0 rings (SSSR count). The van der Waals surface area contributed by atoms with Gasteiger partial charge in [-0.3, -0.25) is 0 Å². The third-order valence-corrected chi connectivity index (χ3v) is 8.15. The van der Waals surface area contributed by atoms with Gasteiger partial charge in [0.1, 0.15) is 0 Å². The summed E-state index contributed by atoms with van der Waals surface area (Å²) in [6, 6.07) is 0. The van der Waals surface area contributed by atoms with E-state index in [1.165, 1.54) is 0 Å². The van der Waals surface area contributed by atoms with Crippen molar-refractivity contribution >= 4 is 40.6 Å². The molecule has 0 aliphatic heterocycles. The molecule has 0 aromatic rings. The Kier molecular flexibility index (Phi) is 9.41. The average Bonchev–Trinajstić information content (AvgIpc) is 2.05. The maximum absolute atomic E-state index is 5.47. The monoisotopic (exact) mass is 264 g/mol. The van der Waals surface area contributed by atoms with Crippen molar-refractivity contribution in [3.05, 3.63) is 0 Å². The first kappa shape index (κ1) is 14.3. The minimum atomic E-state index is -2.02. The second kappa shape index (κ2) is 8.57. The molecule has 0 saturated heterocycles. The topological polar surface area (TPSA) is 18.5 Å². The van der Waals surface area contributed by atoms with Crippen molar-refractivity contribution in [2.45, 2.75) is 20.8 Å². The van der Waals surface area contributed by atoms with E-state index in [2.05, 4.69) is 6.92 Å². The van der Waals surface area contributed by atoms with E-state index in [1.54, 1.807) is 11.4 Å². The van der Waals surface area contributed by atoms with Gasteiger partial charge >= 0.3 is 0 Å². The molecular formula is C7H17O2PS3. The van der Waals surface area contributed by atoms with Crippen LogP contribution in [0.25, 0.3) is 0 Å². The largest absolute Gasteiger partial charge is 0.322 e. The molecule has 0 aliphatic carbocycles. The predicted octanol–water partition coefficient (Wildman–Crippen LogP) is 3.73. The Hall–Kier alpha value is 1.27. The fourth-order valence-electron chi connectivity index (χ4n) is 0.613. The van der Waals surface area contributed by atoms with Gasteiger partial charge < -0.3 is 9.05 Å². The molecule has 0 spiro atoms. The summed E-state index contributed by atoms with van der Waals surface area (Å²) in [4.78, 5) is 0. The predicted molar refractivity (Wildman–Crippen MR) is 68.1 cm³/mol. The molecule has 0 aromatic carbocycles.